The van der Waals surface area contributed by atoms with Gasteiger partial charge in [-0.05, 0) is 43.6 Å². The Balaban J connectivity index is 1.90. The van der Waals surface area contributed by atoms with Gasteiger partial charge in [-0.2, -0.15) is 0 Å². The molecule has 1 heterocycles. The molecule has 0 amide bonds. The molecule has 3 nitrogen and oxygen atoms in total. The molecule has 1 aromatic carbocycles. The number of ether oxygens (including phenoxy) is 1. The van der Waals surface area contributed by atoms with E-state index in [4.69, 9.17) is 4.74 Å². The molecule has 16 heavy (non-hydrogen) atoms. The Morgan fingerprint density at radius 3 is 3.19 bits per heavy atom. The van der Waals surface area contributed by atoms with E-state index in [9.17, 15) is 0 Å². The van der Waals surface area contributed by atoms with Crippen LogP contribution in [-0.2, 0) is 6.42 Å². The van der Waals surface area contributed by atoms with E-state index in [1.807, 2.05) is 0 Å². The summed E-state index contributed by atoms with van der Waals surface area (Å²) in [7, 11) is 0. The van der Waals surface area contributed by atoms with Crippen LogP contribution in [0.4, 0.5) is 5.69 Å². The lowest BCUT2D eigenvalue weighted by Crippen LogP contribution is -2.19. The number of anilines is 1. The van der Waals surface area contributed by atoms with Gasteiger partial charge in [0.15, 0.2) is 0 Å². The highest BCUT2D eigenvalue weighted by Gasteiger charge is 2.09. The Hall–Kier alpha value is -1.22. The topological polar surface area (TPSA) is 33.3 Å². The third kappa shape index (κ3) is 2.89. The van der Waals surface area contributed by atoms with Crippen molar-refractivity contribution in [1.29, 1.82) is 0 Å². The van der Waals surface area contributed by atoms with Crippen LogP contribution >= 0.6 is 0 Å². The highest BCUT2D eigenvalue weighted by molar-refractivity contribution is 5.59. The fourth-order valence-electron chi connectivity index (χ4n) is 1.88. The van der Waals surface area contributed by atoms with Crippen molar-refractivity contribution < 1.29 is 4.74 Å². The Morgan fingerprint density at radius 1 is 1.38 bits per heavy atom. The molecule has 1 aliphatic rings. The van der Waals surface area contributed by atoms with Crippen LogP contribution in [0, 0.1) is 0 Å². The molecule has 1 aromatic rings. The summed E-state index contributed by atoms with van der Waals surface area (Å²) in [6.07, 6.45) is 2.27. The van der Waals surface area contributed by atoms with Gasteiger partial charge in [-0.3, -0.25) is 0 Å². The molecule has 88 valence electrons. The lowest BCUT2D eigenvalue weighted by Gasteiger charge is -2.19. The van der Waals surface area contributed by atoms with Gasteiger partial charge >= 0.3 is 0 Å². The van der Waals surface area contributed by atoms with E-state index in [1.165, 1.54) is 12.0 Å². The molecule has 0 fully saturated rings. The number of nitrogens with one attached hydrogen (secondary N) is 2. The van der Waals surface area contributed by atoms with Gasteiger partial charge in [0.2, 0.25) is 0 Å². The van der Waals surface area contributed by atoms with Gasteiger partial charge in [0, 0.05) is 6.54 Å². The van der Waals surface area contributed by atoms with Crippen molar-refractivity contribution in [2.24, 2.45) is 0 Å². The summed E-state index contributed by atoms with van der Waals surface area (Å²) < 4.78 is 5.54. The Kier molecular flexibility index (Phi) is 4.05. The van der Waals surface area contributed by atoms with E-state index >= 15 is 0 Å². The molecule has 2 rings (SSSR count). The molecular weight excluding hydrogens is 200 g/mol. The number of benzene rings is 1. The minimum Gasteiger partial charge on any atom is -0.490 e. The second-order valence-electron chi connectivity index (χ2n) is 4.11. The van der Waals surface area contributed by atoms with Crippen molar-refractivity contribution in [2.45, 2.75) is 19.8 Å². The second kappa shape index (κ2) is 5.75. The molecule has 1 aliphatic heterocycles. The highest BCUT2D eigenvalue weighted by Crippen LogP contribution is 2.27. The summed E-state index contributed by atoms with van der Waals surface area (Å²) >= 11 is 0. The van der Waals surface area contributed by atoms with Crippen molar-refractivity contribution in [1.82, 2.24) is 5.32 Å². The maximum atomic E-state index is 5.54. The van der Waals surface area contributed by atoms with Gasteiger partial charge in [-0.1, -0.05) is 13.0 Å². The molecule has 0 saturated heterocycles. The van der Waals surface area contributed by atoms with Crippen molar-refractivity contribution in [2.75, 3.05) is 31.6 Å². The van der Waals surface area contributed by atoms with Crippen LogP contribution in [0.1, 0.15) is 18.9 Å². The van der Waals surface area contributed by atoms with Gasteiger partial charge in [0.1, 0.15) is 12.4 Å². The van der Waals surface area contributed by atoms with Gasteiger partial charge in [-0.15, -0.1) is 0 Å². The van der Waals surface area contributed by atoms with Gasteiger partial charge in [-0.25, -0.2) is 0 Å². The molecule has 0 spiro atoms. The summed E-state index contributed by atoms with van der Waals surface area (Å²) in [5.74, 6) is 0.983. The first-order valence-corrected chi connectivity index (χ1v) is 6.10. The van der Waals surface area contributed by atoms with Crippen LogP contribution in [0.5, 0.6) is 5.75 Å². The molecule has 0 atom stereocenters. The zero-order valence-corrected chi connectivity index (χ0v) is 9.88. The number of rotatable bonds is 5. The minimum absolute atomic E-state index is 0.768. The zero-order valence-electron chi connectivity index (χ0n) is 9.88. The molecule has 0 aromatic heterocycles. The predicted octanol–water partition coefficient (Wildman–Crippen LogP) is 2.03. The molecule has 0 radical (unpaired) electrons. The van der Waals surface area contributed by atoms with E-state index < -0.39 is 0 Å². The van der Waals surface area contributed by atoms with Gasteiger partial charge < -0.3 is 15.4 Å². The van der Waals surface area contributed by atoms with Crippen LogP contribution < -0.4 is 15.4 Å². The zero-order chi connectivity index (χ0) is 11.2. The second-order valence-corrected chi connectivity index (χ2v) is 4.11. The first kappa shape index (κ1) is 11.3. The van der Waals surface area contributed by atoms with E-state index in [2.05, 4.69) is 35.8 Å². The largest absolute Gasteiger partial charge is 0.490 e. The van der Waals surface area contributed by atoms with Crippen LogP contribution in [-0.4, -0.2) is 26.2 Å². The van der Waals surface area contributed by atoms with Gasteiger partial charge in [0.05, 0.1) is 5.69 Å². The standard InChI is InChI=1S/C13H20N2O/c1-2-6-14-7-5-11-3-4-13-12(10-11)15-8-9-16-13/h3-4,10,14-15H,2,5-9H2,1H3. The van der Waals surface area contributed by atoms with Crippen molar-refractivity contribution in [3.63, 3.8) is 0 Å². The highest BCUT2D eigenvalue weighted by atomic mass is 16.5. The van der Waals surface area contributed by atoms with E-state index in [-0.39, 0.29) is 0 Å². The fraction of sp³-hybridized carbons (Fsp3) is 0.538. The van der Waals surface area contributed by atoms with Crippen molar-refractivity contribution in [3.05, 3.63) is 23.8 Å². The van der Waals surface area contributed by atoms with E-state index in [1.54, 1.807) is 0 Å². The third-order valence-corrected chi connectivity index (χ3v) is 2.74. The third-order valence-electron chi connectivity index (χ3n) is 2.74. The minimum atomic E-state index is 0.768. The summed E-state index contributed by atoms with van der Waals surface area (Å²) in [6.45, 7) is 6.02. The SMILES string of the molecule is CCCNCCc1ccc2c(c1)NCCO2. The lowest BCUT2D eigenvalue weighted by molar-refractivity contribution is 0.323. The Labute approximate surface area is 97.2 Å². The fourth-order valence-corrected chi connectivity index (χ4v) is 1.88. The predicted molar refractivity (Wildman–Crippen MR) is 67.3 cm³/mol. The molecule has 0 saturated carbocycles. The normalized spacial score (nSPS) is 13.8. The first-order chi connectivity index (χ1) is 7.90. The monoisotopic (exact) mass is 220 g/mol. The Bertz CT molecular complexity index is 339. The molecule has 0 unspecified atom stereocenters. The van der Waals surface area contributed by atoms with E-state index in [0.717, 1.165) is 44.1 Å². The van der Waals surface area contributed by atoms with Gasteiger partial charge in [0.25, 0.3) is 0 Å². The smallest absolute Gasteiger partial charge is 0.142 e. The average molecular weight is 220 g/mol. The van der Waals surface area contributed by atoms with Crippen LogP contribution in [0.15, 0.2) is 18.2 Å². The summed E-state index contributed by atoms with van der Waals surface area (Å²) in [4.78, 5) is 0. The quantitative estimate of drug-likeness (QED) is 0.745. The molecule has 0 bridgehead atoms. The summed E-state index contributed by atoms with van der Waals surface area (Å²) in [6, 6.07) is 6.41. The molecule has 2 N–H and O–H groups in total. The number of hydrogen-bond donors (Lipinski definition) is 2. The summed E-state index contributed by atoms with van der Waals surface area (Å²) in [5.41, 5.74) is 2.50. The number of hydrogen-bond acceptors (Lipinski definition) is 3. The summed E-state index contributed by atoms with van der Waals surface area (Å²) in [5, 5.41) is 6.77. The maximum absolute atomic E-state index is 5.54. The van der Waals surface area contributed by atoms with Crippen molar-refractivity contribution >= 4 is 5.69 Å². The lowest BCUT2D eigenvalue weighted by atomic mass is 10.1. The Morgan fingerprint density at radius 2 is 2.31 bits per heavy atom. The average Bonchev–Trinajstić information content (AvgIpc) is 2.34. The number of fused-ring (bicyclic) bond motifs is 1. The van der Waals surface area contributed by atoms with Crippen LogP contribution in [0.2, 0.25) is 0 Å². The maximum Gasteiger partial charge on any atom is 0.142 e. The molecular formula is C13H20N2O. The molecule has 3 heteroatoms. The van der Waals surface area contributed by atoms with Crippen LogP contribution in [0.25, 0.3) is 0 Å². The van der Waals surface area contributed by atoms with E-state index in [0.29, 0.717) is 0 Å². The van der Waals surface area contributed by atoms with Crippen LogP contribution in [0.3, 0.4) is 0 Å². The van der Waals surface area contributed by atoms with Crippen molar-refractivity contribution in [3.8, 4) is 5.75 Å². The first-order valence-electron chi connectivity index (χ1n) is 6.10. The molecule has 0 aliphatic carbocycles.